The van der Waals surface area contributed by atoms with Gasteiger partial charge >= 0.3 is 5.97 Å². The Balaban J connectivity index is 1.98. The number of hydrogen-bond acceptors (Lipinski definition) is 6. The zero-order valence-electron chi connectivity index (χ0n) is 15.5. The Morgan fingerprint density at radius 1 is 1.18 bits per heavy atom. The summed E-state index contributed by atoms with van der Waals surface area (Å²) in [6.45, 7) is 0.837. The molecule has 2 aromatic carbocycles. The number of hydrogen-bond donors (Lipinski definition) is 2. The Morgan fingerprint density at radius 2 is 1.86 bits per heavy atom. The van der Waals surface area contributed by atoms with Gasteiger partial charge in [0, 0.05) is 6.07 Å². The first kappa shape index (κ1) is 21.2. The fourth-order valence-corrected chi connectivity index (χ4v) is 2.65. The molecule has 0 aliphatic rings. The number of methoxy groups -OCH3 is 1. The summed E-state index contributed by atoms with van der Waals surface area (Å²) in [6.07, 6.45) is 0.344. The second-order valence-electron chi connectivity index (χ2n) is 6.07. The lowest BCUT2D eigenvalue weighted by Gasteiger charge is -2.16. The fourth-order valence-electron chi connectivity index (χ4n) is 2.49. The van der Waals surface area contributed by atoms with Crippen molar-refractivity contribution in [2.75, 3.05) is 19.5 Å². The second-order valence-corrected chi connectivity index (χ2v) is 6.48. The van der Waals surface area contributed by atoms with E-state index in [9.17, 15) is 14.4 Å². The number of carbonyl (C=O) groups excluding carboxylic acids is 3. The predicted molar refractivity (Wildman–Crippen MR) is 105 cm³/mol. The number of nitrogens with two attached hydrogens (primary N) is 1. The lowest BCUT2D eigenvalue weighted by atomic mass is 10.0. The molecule has 2 aromatic rings. The van der Waals surface area contributed by atoms with Crippen molar-refractivity contribution in [1.82, 2.24) is 5.32 Å². The van der Waals surface area contributed by atoms with Gasteiger partial charge in [-0.05, 0) is 25.0 Å². The summed E-state index contributed by atoms with van der Waals surface area (Å²) in [5, 5.41) is 2.74. The number of nitrogens with one attached hydrogen (secondary N) is 1. The fraction of sp³-hybridized carbons (Fsp3) is 0.250. The number of esters is 1. The smallest absolute Gasteiger partial charge is 0.342 e. The summed E-state index contributed by atoms with van der Waals surface area (Å²) in [4.78, 5) is 36.2. The molecule has 0 aliphatic carbocycles. The maximum absolute atomic E-state index is 12.3. The van der Waals surface area contributed by atoms with Crippen molar-refractivity contribution in [3.63, 3.8) is 0 Å². The monoisotopic (exact) mass is 404 g/mol. The molecule has 3 N–H and O–H groups in total. The minimum absolute atomic E-state index is 0.0434. The molecule has 8 heteroatoms. The first-order chi connectivity index (χ1) is 13.3. The molecular weight excluding hydrogens is 384 g/mol. The van der Waals surface area contributed by atoms with Crippen LogP contribution in [0.2, 0.25) is 5.02 Å². The van der Waals surface area contributed by atoms with E-state index >= 15 is 0 Å². The number of carbonyl (C=O) groups is 3. The SMILES string of the molecule is COc1cc(N)c(Cl)cc1C(=O)OCC(=O)NC(Cc1ccccc1)C(C)=O. The molecule has 0 saturated carbocycles. The molecule has 7 nitrogen and oxygen atoms in total. The van der Waals surface area contributed by atoms with Gasteiger partial charge in [-0.15, -0.1) is 0 Å². The number of ether oxygens (including phenoxy) is 2. The highest BCUT2D eigenvalue weighted by Crippen LogP contribution is 2.29. The molecule has 0 spiro atoms. The summed E-state index contributed by atoms with van der Waals surface area (Å²) >= 11 is 5.93. The number of Topliss-reactive ketones (excluding diaryl/α,β-unsaturated/α-hetero) is 1. The van der Waals surface area contributed by atoms with E-state index < -0.39 is 24.5 Å². The molecule has 0 heterocycles. The van der Waals surface area contributed by atoms with E-state index in [0.717, 1.165) is 5.56 Å². The largest absolute Gasteiger partial charge is 0.496 e. The average molecular weight is 405 g/mol. The van der Waals surface area contributed by atoms with Crippen molar-refractivity contribution in [2.45, 2.75) is 19.4 Å². The van der Waals surface area contributed by atoms with E-state index in [4.69, 9.17) is 26.8 Å². The number of anilines is 1. The van der Waals surface area contributed by atoms with Crippen molar-refractivity contribution in [2.24, 2.45) is 0 Å². The van der Waals surface area contributed by atoms with Crippen molar-refractivity contribution in [3.05, 3.63) is 58.6 Å². The van der Waals surface area contributed by atoms with Crippen LogP contribution < -0.4 is 15.8 Å². The summed E-state index contributed by atoms with van der Waals surface area (Å²) < 4.78 is 10.1. The maximum atomic E-state index is 12.3. The van der Waals surface area contributed by atoms with Crippen LogP contribution in [0.4, 0.5) is 5.69 Å². The minimum Gasteiger partial charge on any atom is -0.496 e. The topological polar surface area (TPSA) is 108 Å². The highest BCUT2D eigenvalue weighted by Gasteiger charge is 2.21. The van der Waals surface area contributed by atoms with Gasteiger partial charge in [-0.1, -0.05) is 41.9 Å². The quantitative estimate of drug-likeness (QED) is 0.516. The van der Waals surface area contributed by atoms with Gasteiger partial charge in [-0.3, -0.25) is 9.59 Å². The van der Waals surface area contributed by atoms with Crippen LogP contribution in [0, 0.1) is 0 Å². The third-order valence-corrected chi connectivity index (χ3v) is 4.31. The molecule has 2 rings (SSSR count). The molecular formula is C20H21ClN2O5. The van der Waals surface area contributed by atoms with Gasteiger partial charge in [0.05, 0.1) is 23.9 Å². The average Bonchev–Trinajstić information content (AvgIpc) is 2.68. The highest BCUT2D eigenvalue weighted by molar-refractivity contribution is 6.33. The first-order valence-electron chi connectivity index (χ1n) is 8.45. The number of rotatable bonds is 8. The predicted octanol–water partition coefficient (Wildman–Crippen LogP) is 2.40. The lowest BCUT2D eigenvalue weighted by Crippen LogP contribution is -2.43. The van der Waals surface area contributed by atoms with Crippen LogP contribution in [-0.4, -0.2) is 37.4 Å². The highest BCUT2D eigenvalue weighted by atomic mass is 35.5. The summed E-state index contributed by atoms with van der Waals surface area (Å²) in [5.74, 6) is -1.41. The number of halogens is 1. The van der Waals surface area contributed by atoms with Crippen LogP contribution in [0.25, 0.3) is 0 Å². The first-order valence-corrected chi connectivity index (χ1v) is 8.83. The standard InChI is InChI=1S/C20H21ClN2O5/c1-12(24)17(8-13-6-4-3-5-7-13)23-19(25)11-28-20(26)14-9-15(21)16(22)10-18(14)27-2/h3-7,9-10,17H,8,11,22H2,1-2H3,(H,23,25). The van der Waals surface area contributed by atoms with E-state index in [1.807, 2.05) is 30.3 Å². The molecule has 1 amide bonds. The molecule has 0 bridgehead atoms. The molecule has 0 aromatic heterocycles. The van der Waals surface area contributed by atoms with Crippen LogP contribution in [0.1, 0.15) is 22.8 Å². The third kappa shape index (κ3) is 5.72. The Morgan fingerprint density at radius 3 is 2.46 bits per heavy atom. The zero-order valence-corrected chi connectivity index (χ0v) is 16.3. The summed E-state index contributed by atoms with van der Waals surface area (Å²) in [5.41, 5.74) is 6.87. The number of benzene rings is 2. The molecule has 1 unspecified atom stereocenters. The molecule has 28 heavy (non-hydrogen) atoms. The van der Waals surface area contributed by atoms with E-state index in [1.54, 1.807) is 0 Å². The second kappa shape index (κ2) is 9.75. The zero-order chi connectivity index (χ0) is 20.7. The number of ketones is 1. The van der Waals surface area contributed by atoms with Crippen LogP contribution >= 0.6 is 11.6 Å². The van der Waals surface area contributed by atoms with Crippen LogP contribution in [0.3, 0.4) is 0 Å². The van der Waals surface area contributed by atoms with Crippen molar-refractivity contribution < 1.29 is 23.9 Å². The summed E-state index contributed by atoms with van der Waals surface area (Å²) in [7, 11) is 1.37. The lowest BCUT2D eigenvalue weighted by molar-refractivity contribution is -0.128. The summed E-state index contributed by atoms with van der Waals surface area (Å²) in [6, 6.07) is 11.3. The van der Waals surface area contributed by atoms with Crippen LogP contribution in [-0.2, 0) is 20.7 Å². The van der Waals surface area contributed by atoms with Crippen LogP contribution in [0.15, 0.2) is 42.5 Å². The molecule has 0 radical (unpaired) electrons. The Labute approximate surface area is 167 Å². The van der Waals surface area contributed by atoms with E-state index in [2.05, 4.69) is 5.32 Å². The normalized spacial score (nSPS) is 11.4. The molecule has 0 aliphatic heterocycles. The van der Waals surface area contributed by atoms with E-state index in [1.165, 1.54) is 26.2 Å². The molecule has 0 saturated heterocycles. The number of nitrogen functional groups attached to an aromatic ring is 1. The van der Waals surface area contributed by atoms with Crippen LogP contribution in [0.5, 0.6) is 5.75 Å². The Bertz CT molecular complexity index is 870. The van der Waals surface area contributed by atoms with Crippen molar-refractivity contribution >= 4 is 34.9 Å². The molecule has 0 fully saturated rings. The molecule has 148 valence electrons. The van der Waals surface area contributed by atoms with E-state index in [0.29, 0.717) is 6.42 Å². The van der Waals surface area contributed by atoms with Crippen molar-refractivity contribution in [1.29, 1.82) is 0 Å². The Hall–Kier alpha value is -3.06. The minimum atomic E-state index is -0.795. The Kier molecular flexibility index (Phi) is 7.40. The number of amides is 1. The van der Waals surface area contributed by atoms with Gasteiger partial charge in [0.15, 0.2) is 12.4 Å². The van der Waals surface area contributed by atoms with Gasteiger partial charge < -0.3 is 20.5 Å². The van der Waals surface area contributed by atoms with Gasteiger partial charge in [0.2, 0.25) is 0 Å². The van der Waals surface area contributed by atoms with Gasteiger partial charge in [0.25, 0.3) is 5.91 Å². The van der Waals surface area contributed by atoms with Gasteiger partial charge in [-0.2, -0.15) is 0 Å². The van der Waals surface area contributed by atoms with Gasteiger partial charge in [0.1, 0.15) is 11.3 Å². The maximum Gasteiger partial charge on any atom is 0.342 e. The van der Waals surface area contributed by atoms with Gasteiger partial charge in [-0.25, -0.2) is 4.79 Å². The molecule has 1 atom stereocenters. The van der Waals surface area contributed by atoms with E-state index in [-0.39, 0.29) is 27.8 Å². The van der Waals surface area contributed by atoms with Crippen molar-refractivity contribution in [3.8, 4) is 5.75 Å². The third-order valence-electron chi connectivity index (χ3n) is 3.98.